The van der Waals surface area contributed by atoms with Gasteiger partial charge in [-0.15, -0.1) is 0 Å². The van der Waals surface area contributed by atoms with Crippen LogP contribution in [0.5, 0.6) is 5.75 Å². The zero-order valence-electron chi connectivity index (χ0n) is 8.32. The average Bonchev–Trinajstić information content (AvgIpc) is 2.25. The first kappa shape index (κ1) is 9.25. The summed E-state index contributed by atoms with van der Waals surface area (Å²) in [6.45, 7) is 0. The molecular formula is C12H14O2. The summed E-state index contributed by atoms with van der Waals surface area (Å²) in [5.41, 5.74) is 1.06. The van der Waals surface area contributed by atoms with Gasteiger partial charge in [-0.1, -0.05) is 24.6 Å². The van der Waals surface area contributed by atoms with Crippen LogP contribution >= 0.6 is 0 Å². The molecule has 1 aliphatic rings. The van der Waals surface area contributed by atoms with Gasteiger partial charge in [0.25, 0.3) is 0 Å². The largest absolute Gasteiger partial charge is 0.492 e. The second-order valence-corrected chi connectivity index (χ2v) is 3.70. The third-order valence-corrected chi connectivity index (χ3v) is 2.87. The van der Waals surface area contributed by atoms with Crippen molar-refractivity contribution in [2.24, 2.45) is 0 Å². The molecule has 1 aliphatic carbocycles. The molecule has 0 bridgehead atoms. The van der Waals surface area contributed by atoms with E-state index in [1.807, 2.05) is 12.1 Å². The van der Waals surface area contributed by atoms with Crippen LogP contribution in [0.4, 0.5) is 0 Å². The van der Waals surface area contributed by atoms with Gasteiger partial charge in [-0.2, -0.15) is 0 Å². The van der Waals surface area contributed by atoms with Crippen LogP contribution in [0.15, 0.2) is 29.1 Å². The third-order valence-electron chi connectivity index (χ3n) is 2.87. The smallest absolute Gasteiger partial charge is 0.220 e. The maximum absolute atomic E-state index is 11.6. The molecule has 2 nitrogen and oxygen atoms in total. The summed E-state index contributed by atoms with van der Waals surface area (Å²) < 4.78 is 5.18. The molecule has 0 N–H and O–H groups in total. The predicted octanol–water partition coefficient (Wildman–Crippen LogP) is 2.32. The molecule has 14 heavy (non-hydrogen) atoms. The molecule has 0 unspecified atom stereocenters. The fourth-order valence-electron chi connectivity index (χ4n) is 1.85. The Morgan fingerprint density at radius 1 is 1.29 bits per heavy atom. The molecule has 0 heterocycles. The van der Waals surface area contributed by atoms with Crippen molar-refractivity contribution in [1.82, 2.24) is 0 Å². The van der Waals surface area contributed by atoms with Gasteiger partial charge in [0.05, 0.1) is 7.11 Å². The number of hydrogen-bond donors (Lipinski definition) is 0. The number of hydrogen-bond acceptors (Lipinski definition) is 2. The lowest BCUT2D eigenvalue weighted by molar-refractivity contribution is 0.372. The van der Waals surface area contributed by atoms with Crippen LogP contribution in [0, 0.1) is 0 Å². The highest BCUT2D eigenvalue weighted by Gasteiger charge is 2.23. The van der Waals surface area contributed by atoms with Crippen molar-refractivity contribution in [3.63, 3.8) is 0 Å². The predicted molar refractivity (Wildman–Crippen MR) is 55.9 cm³/mol. The average molecular weight is 190 g/mol. The van der Waals surface area contributed by atoms with Gasteiger partial charge in [-0.3, -0.25) is 4.79 Å². The Morgan fingerprint density at radius 2 is 2.00 bits per heavy atom. The Balaban J connectivity index is 2.52. The Hall–Kier alpha value is -1.31. The monoisotopic (exact) mass is 190 g/mol. The lowest BCUT2D eigenvalue weighted by Crippen LogP contribution is -2.12. The maximum atomic E-state index is 11.6. The molecule has 74 valence electrons. The van der Waals surface area contributed by atoms with Crippen LogP contribution < -0.4 is 10.2 Å². The number of ether oxygens (including phenoxy) is 1. The Morgan fingerprint density at radius 3 is 2.57 bits per heavy atom. The lowest BCUT2D eigenvalue weighted by Gasteiger charge is -2.26. The fraction of sp³-hybridized carbons (Fsp3) is 0.417. The van der Waals surface area contributed by atoms with Crippen molar-refractivity contribution in [2.45, 2.75) is 25.2 Å². The van der Waals surface area contributed by atoms with Crippen LogP contribution in [-0.4, -0.2) is 7.11 Å². The highest BCUT2D eigenvalue weighted by atomic mass is 16.5. The van der Waals surface area contributed by atoms with Gasteiger partial charge in [-0.25, -0.2) is 0 Å². The fourth-order valence-corrected chi connectivity index (χ4v) is 1.85. The zero-order chi connectivity index (χ0) is 9.97. The first-order valence-electron chi connectivity index (χ1n) is 5.00. The summed E-state index contributed by atoms with van der Waals surface area (Å²) in [6.07, 6.45) is 3.63. The Bertz CT molecular complexity index is 380. The molecule has 0 amide bonds. The molecule has 0 saturated heterocycles. The minimum absolute atomic E-state index is 0.0144. The Labute approximate surface area is 83.5 Å². The third kappa shape index (κ3) is 1.52. The van der Waals surface area contributed by atoms with Crippen molar-refractivity contribution in [1.29, 1.82) is 0 Å². The molecule has 1 aromatic carbocycles. The quantitative estimate of drug-likeness (QED) is 0.715. The van der Waals surface area contributed by atoms with E-state index in [1.54, 1.807) is 19.2 Å². The second kappa shape index (κ2) is 3.82. The molecule has 0 atom stereocenters. The van der Waals surface area contributed by atoms with Crippen molar-refractivity contribution >= 4 is 0 Å². The van der Waals surface area contributed by atoms with Crippen molar-refractivity contribution in [2.75, 3.05) is 7.11 Å². The van der Waals surface area contributed by atoms with Crippen LogP contribution in [0.25, 0.3) is 0 Å². The SMILES string of the molecule is COc1c(C2CCC2)ccccc1=O. The van der Waals surface area contributed by atoms with E-state index in [9.17, 15) is 4.79 Å². The molecule has 1 aromatic rings. The normalized spacial score (nSPS) is 16.1. The topological polar surface area (TPSA) is 26.3 Å². The molecule has 0 spiro atoms. The zero-order valence-corrected chi connectivity index (χ0v) is 8.32. The first-order valence-corrected chi connectivity index (χ1v) is 5.00. The van der Waals surface area contributed by atoms with Crippen molar-refractivity contribution < 1.29 is 4.74 Å². The van der Waals surface area contributed by atoms with E-state index in [0.29, 0.717) is 11.7 Å². The summed E-state index contributed by atoms with van der Waals surface area (Å²) >= 11 is 0. The maximum Gasteiger partial charge on any atom is 0.220 e. The summed E-state index contributed by atoms with van der Waals surface area (Å²) in [7, 11) is 1.57. The number of methoxy groups -OCH3 is 1. The van der Waals surface area contributed by atoms with E-state index >= 15 is 0 Å². The molecule has 0 radical (unpaired) electrons. The summed E-state index contributed by atoms with van der Waals surface area (Å²) in [4.78, 5) is 11.6. The van der Waals surface area contributed by atoms with E-state index in [0.717, 1.165) is 5.56 Å². The summed E-state index contributed by atoms with van der Waals surface area (Å²) in [6, 6.07) is 7.25. The van der Waals surface area contributed by atoms with E-state index in [1.165, 1.54) is 19.3 Å². The molecule has 1 fully saturated rings. The van der Waals surface area contributed by atoms with Gasteiger partial charge in [0.15, 0.2) is 5.75 Å². The second-order valence-electron chi connectivity index (χ2n) is 3.70. The van der Waals surface area contributed by atoms with Crippen LogP contribution in [0.3, 0.4) is 0 Å². The molecule has 0 aromatic heterocycles. The van der Waals surface area contributed by atoms with E-state index in [-0.39, 0.29) is 5.43 Å². The minimum Gasteiger partial charge on any atom is -0.492 e. The highest BCUT2D eigenvalue weighted by molar-refractivity contribution is 5.36. The standard InChI is InChI=1S/C12H14O2/c1-14-12-10(9-5-4-6-9)7-2-3-8-11(12)13/h2-3,7-9H,4-6H2,1H3. The van der Waals surface area contributed by atoms with Crippen molar-refractivity contribution in [3.8, 4) is 5.75 Å². The lowest BCUT2D eigenvalue weighted by atomic mass is 9.80. The van der Waals surface area contributed by atoms with E-state index in [2.05, 4.69) is 0 Å². The number of rotatable bonds is 2. The van der Waals surface area contributed by atoms with Crippen LogP contribution in [-0.2, 0) is 0 Å². The molecule has 0 aliphatic heterocycles. The highest BCUT2D eigenvalue weighted by Crippen LogP contribution is 2.38. The van der Waals surface area contributed by atoms with Gasteiger partial charge in [0.2, 0.25) is 5.43 Å². The summed E-state index contributed by atoms with van der Waals surface area (Å²) in [5.74, 6) is 1.06. The molecule has 1 saturated carbocycles. The minimum atomic E-state index is -0.0144. The molecular weight excluding hydrogens is 176 g/mol. The summed E-state index contributed by atoms with van der Waals surface area (Å²) in [5, 5.41) is 0. The van der Waals surface area contributed by atoms with E-state index in [4.69, 9.17) is 4.74 Å². The molecule has 2 rings (SSSR count). The van der Waals surface area contributed by atoms with Crippen LogP contribution in [0.2, 0.25) is 0 Å². The van der Waals surface area contributed by atoms with Crippen LogP contribution in [0.1, 0.15) is 30.7 Å². The van der Waals surface area contributed by atoms with E-state index < -0.39 is 0 Å². The van der Waals surface area contributed by atoms with Gasteiger partial charge in [0.1, 0.15) is 0 Å². The molecule has 2 heteroatoms. The van der Waals surface area contributed by atoms with Gasteiger partial charge < -0.3 is 4.74 Å². The van der Waals surface area contributed by atoms with Gasteiger partial charge in [0, 0.05) is 5.56 Å². The van der Waals surface area contributed by atoms with Crippen molar-refractivity contribution in [3.05, 3.63) is 40.1 Å². The van der Waals surface area contributed by atoms with Gasteiger partial charge in [-0.05, 0) is 24.8 Å². The first-order chi connectivity index (χ1) is 6.83. The van der Waals surface area contributed by atoms with Gasteiger partial charge >= 0.3 is 0 Å². The Kier molecular flexibility index (Phi) is 2.53.